The molecule has 24 heavy (non-hydrogen) atoms. The van der Waals surface area contributed by atoms with E-state index in [9.17, 15) is 4.79 Å². The fourth-order valence-corrected chi connectivity index (χ4v) is 3.31. The van der Waals surface area contributed by atoms with Crippen molar-refractivity contribution in [3.63, 3.8) is 0 Å². The lowest BCUT2D eigenvalue weighted by molar-refractivity contribution is -0.0798. The zero-order valence-electron chi connectivity index (χ0n) is 14.9. The average Bonchev–Trinajstić information content (AvgIpc) is 2.85. The van der Waals surface area contributed by atoms with Crippen LogP contribution < -0.4 is 4.74 Å². The molecule has 132 valence electrons. The lowest BCUT2D eigenvalue weighted by atomic mass is 9.84. The Bertz CT molecular complexity index is 616. The van der Waals surface area contributed by atoms with E-state index in [1.807, 2.05) is 40.0 Å². The summed E-state index contributed by atoms with van der Waals surface area (Å²) in [5.41, 5.74) is 1.47. The van der Waals surface area contributed by atoms with Crippen molar-refractivity contribution in [2.45, 2.75) is 58.3 Å². The number of carbonyl (C=O) groups excluding carboxylic acids is 1. The molecule has 6 heteroatoms. The summed E-state index contributed by atoms with van der Waals surface area (Å²) < 4.78 is 17.1. The highest BCUT2D eigenvalue weighted by Crippen LogP contribution is 2.44. The molecule has 2 aliphatic heterocycles. The SMILES string of the molecule is CCOc1cc2c(cn1)COC21CCN(C(=O)OC(C)(C)C)CC1. The summed E-state index contributed by atoms with van der Waals surface area (Å²) in [6.45, 7) is 10.0. The fourth-order valence-electron chi connectivity index (χ4n) is 3.31. The third-order valence-electron chi connectivity index (χ3n) is 4.47. The van der Waals surface area contributed by atoms with Crippen LogP contribution >= 0.6 is 0 Å². The number of hydrogen-bond donors (Lipinski definition) is 0. The standard InChI is InChI=1S/C18H26N2O4/c1-5-22-15-10-14-13(11-19-15)12-23-18(14)6-8-20(9-7-18)16(21)24-17(2,3)4/h10-11H,5-9,12H2,1-4H3. The Morgan fingerprint density at radius 1 is 1.38 bits per heavy atom. The second kappa shape index (κ2) is 6.24. The maximum absolute atomic E-state index is 12.2. The van der Waals surface area contributed by atoms with Crippen molar-refractivity contribution in [3.05, 3.63) is 23.4 Å². The van der Waals surface area contributed by atoms with Crippen LogP contribution in [-0.2, 0) is 21.7 Å². The van der Waals surface area contributed by atoms with Crippen LogP contribution in [-0.4, -0.2) is 41.3 Å². The molecule has 6 nitrogen and oxygen atoms in total. The van der Waals surface area contributed by atoms with Gasteiger partial charge >= 0.3 is 6.09 Å². The number of piperidine rings is 1. The predicted octanol–water partition coefficient (Wildman–Crippen LogP) is 3.24. The van der Waals surface area contributed by atoms with Crippen LogP contribution in [0.2, 0.25) is 0 Å². The number of pyridine rings is 1. The zero-order chi connectivity index (χ0) is 17.4. The average molecular weight is 334 g/mol. The molecule has 1 fully saturated rings. The Labute approximate surface area is 143 Å². The molecule has 0 radical (unpaired) electrons. The van der Waals surface area contributed by atoms with Crippen molar-refractivity contribution < 1.29 is 19.0 Å². The van der Waals surface area contributed by atoms with Gasteiger partial charge in [-0.3, -0.25) is 0 Å². The molecular formula is C18H26N2O4. The van der Waals surface area contributed by atoms with Gasteiger partial charge in [0.2, 0.25) is 5.88 Å². The third kappa shape index (κ3) is 3.34. The highest BCUT2D eigenvalue weighted by Gasteiger charge is 2.44. The van der Waals surface area contributed by atoms with Crippen molar-refractivity contribution in [2.75, 3.05) is 19.7 Å². The molecule has 1 saturated heterocycles. The number of amides is 1. The van der Waals surface area contributed by atoms with E-state index < -0.39 is 5.60 Å². The van der Waals surface area contributed by atoms with Gasteiger partial charge in [-0.15, -0.1) is 0 Å². The molecule has 1 spiro atoms. The molecule has 0 N–H and O–H groups in total. The fraction of sp³-hybridized carbons (Fsp3) is 0.667. The van der Waals surface area contributed by atoms with E-state index in [4.69, 9.17) is 14.2 Å². The van der Waals surface area contributed by atoms with Crippen LogP contribution in [0.1, 0.15) is 51.7 Å². The predicted molar refractivity (Wildman–Crippen MR) is 88.9 cm³/mol. The summed E-state index contributed by atoms with van der Waals surface area (Å²) in [6.07, 6.45) is 3.11. The smallest absolute Gasteiger partial charge is 0.410 e. The normalized spacial score (nSPS) is 19.2. The van der Waals surface area contributed by atoms with Crippen molar-refractivity contribution in [1.29, 1.82) is 0 Å². The molecule has 0 saturated carbocycles. The Balaban J connectivity index is 1.71. The van der Waals surface area contributed by atoms with Crippen LogP contribution in [0.4, 0.5) is 4.79 Å². The maximum Gasteiger partial charge on any atom is 0.410 e. The van der Waals surface area contributed by atoms with Gasteiger partial charge in [-0.05, 0) is 46.1 Å². The molecule has 2 aliphatic rings. The van der Waals surface area contributed by atoms with Crippen LogP contribution in [0, 0.1) is 0 Å². The molecule has 0 aromatic carbocycles. The van der Waals surface area contributed by atoms with E-state index >= 15 is 0 Å². The number of fused-ring (bicyclic) bond motifs is 2. The lowest BCUT2D eigenvalue weighted by Crippen LogP contribution is -2.46. The number of likely N-dealkylation sites (tertiary alicyclic amines) is 1. The Morgan fingerprint density at radius 3 is 2.71 bits per heavy atom. The van der Waals surface area contributed by atoms with E-state index in [-0.39, 0.29) is 11.7 Å². The van der Waals surface area contributed by atoms with Crippen molar-refractivity contribution >= 4 is 6.09 Å². The molecular weight excluding hydrogens is 308 g/mol. The minimum Gasteiger partial charge on any atom is -0.478 e. The number of nitrogens with zero attached hydrogens (tertiary/aromatic N) is 2. The van der Waals surface area contributed by atoms with Gasteiger partial charge in [-0.1, -0.05) is 0 Å². The second-order valence-corrected chi connectivity index (χ2v) is 7.36. The van der Waals surface area contributed by atoms with Gasteiger partial charge in [0.1, 0.15) is 5.60 Å². The Morgan fingerprint density at radius 2 is 2.08 bits per heavy atom. The van der Waals surface area contributed by atoms with Gasteiger partial charge in [0.05, 0.1) is 18.8 Å². The quantitative estimate of drug-likeness (QED) is 0.831. The molecule has 0 unspecified atom stereocenters. The molecule has 0 atom stereocenters. The number of ether oxygens (including phenoxy) is 3. The summed E-state index contributed by atoms with van der Waals surface area (Å²) in [4.78, 5) is 18.3. The van der Waals surface area contributed by atoms with Gasteiger partial charge < -0.3 is 19.1 Å². The number of hydrogen-bond acceptors (Lipinski definition) is 5. The maximum atomic E-state index is 12.2. The minimum absolute atomic E-state index is 0.250. The van der Waals surface area contributed by atoms with Crippen molar-refractivity contribution in [2.24, 2.45) is 0 Å². The van der Waals surface area contributed by atoms with Crippen LogP contribution in [0.5, 0.6) is 5.88 Å². The molecule has 0 bridgehead atoms. The molecule has 1 amide bonds. The van der Waals surface area contributed by atoms with Gasteiger partial charge in [0, 0.05) is 30.9 Å². The molecule has 1 aromatic rings. The monoisotopic (exact) mass is 334 g/mol. The van der Waals surface area contributed by atoms with E-state index in [1.165, 1.54) is 0 Å². The van der Waals surface area contributed by atoms with Gasteiger partial charge in [0.15, 0.2) is 0 Å². The van der Waals surface area contributed by atoms with Gasteiger partial charge in [-0.25, -0.2) is 9.78 Å². The molecule has 1 aromatic heterocycles. The lowest BCUT2D eigenvalue weighted by Gasteiger charge is -2.39. The summed E-state index contributed by atoms with van der Waals surface area (Å²) in [7, 11) is 0. The van der Waals surface area contributed by atoms with Crippen molar-refractivity contribution in [3.8, 4) is 5.88 Å². The highest BCUT2D eigenvalue weighted by molar-refractivity contribution is 5.68. The third-order valence-corrected chi connectivity index (χ3v) is 4.47. The number of aromatic nitrogens is 1. The van der Waals surface area contributed by atoms with E-state index in [0.29, 0.717) is 32.2 Å². The largest absolute Gasteiger partial charge is 0.478 e. The van der Waals surface area contributed by atoms with E-state index in [2.05, 4.69) is 4.98 Å². The van der Waals surface area contributed by atoms with Gasteiger partial charge in [0.25, 0.3) is 0 Å². The number of carbonyl (C=O) groups is 1. The first-order valence-corrected chi connectivity index (χ1v) is 8.57. The second-order valence-electron chi connectivity index (χ2n) is 7.36. The van der Waals surface area contributed by atoms with Crippen LogP contribution in [0.25, 0.3) is 0 Å². The Hall–Kier alpha value is -1.82. The first-order chi connectivity index (χ1) is 11.3. The topological polar surface area (TPSA) is 60.9 Å². The Kier molecular flexibility index (Phi) is 4.42. The van der Waals surface area contributed by atoms with Crippen molar-refractivity contribution in [1.82, 2.24) is 9.88 Å². The van der Waals surface area contributed by atoms with E-state index in [1.54, 1.807) is 4.90 Å². The minimum atomic E-state index is -0.471. The first-order valence-electron chi connectivity index (χ1n) is 8.57. The summed E-state index contributed by atoms with van der Waals surface area (Å²) in [5.74, 6) is 0.635. The summed E-state index contributed by atoms with van der Waals surface area (Å²) >= 11 is 0. The molecule has 3 heterocycles. The zero-order valence-corrected chi connectivity index (χ0v) is 14.9. The van der Waals surface area contributed by atoms with Gasteiger partial charge in [-0.2, -0.15) is 0 Å². The first kappa shape index (κ1) is 17.0. The highest BCUT2D eigenvalue weighted by atomic mass is 16.6. The molecule has 3 rings (SSSR count). The summed E-state index contributed by atoms with van der Waals surface area (Å²) in [5, 5.41) is 0. The van der Waals surface area contributed by atoms with Crippen LogP contribution in [0.15, 0.2) is 12.3 Å². The molecule has 0 aliphatic carbocycles. The summed E-state index contributed by atoms with van der Waals surface area (Å²) in [6, 6.07) is 2.00. The van der Waals surface area contributed by atoms with E-state index in [0.717, 1.165) is 24.0 Å². The number of rotatable bonds is 2. The van der Waals surface area contributed by atoms with Crippen LogP contribution in [0.3, 0.4) is 0 Å².